The second-order valence-corrected chi connectivity index (χ2v) is 7.30. The monoisotopic (exact) mass is 379 g/mol. The van der Waals surface area contributed by atoms with E-state index >= 15 is 0 Å². The summed E-state index contributed by atoms with van der Waals surface area (Å²) in [5.41, 5.74) is 2.62. The first-order valence-electron chi connectivity index (χ1n) is 9.72. The quantitative estimate of drug-likeness (QED) is 0.824. The van der Waals surface area contributed by atoms with Crippen LogP contribution < -0.4 is 4.74 Å². The molecule has 2 aromatic rings. The average molecular weight is 379 g/mol. The van der Waals surface area contributed by atoms with Crippen molar-refractivity contribution >= 4 is 11.9 Å². The molecule has 2 aliphatic heterocycles. The zero-order valence-corrected chi connectivity index (χ0v) is 16.3. The average Bonchev–Trinajstić information content (AvgIpc) is 3.03. The van der Waals surface area contributed by atoms with Crippen LogP contribution in [0.3, 0.4) is 0 Å². The number of ether oxygens (including phenoxy) is 1. The van der Waals surface area contributed by atoms with E-state index in [0.29, 0.717) is 29.1 Å². The fourth-order valence-electron chi connectivity index (χ4n) is 3.82. The first-order valence-corrected chi connectivity index (χ1v) is 9.72. The number of allylic oxidation sites excluding steroid dienone is 1. The van der Waals surface area contributed by atoms with Crippen molar-refractivity contribution in [1.82, 2.24) is 14.8 Å². The Morgan fingerprint density at radius 2 is 1.96 bits per heavy atom. The number of piperazine rings is 1. The van der Waals surface area contributed by atoms with Gasteiger partial charge in [0.2, 0.25) is 5.78 Å². The lowest BCUT2D eigenvalue weighted by Crippen LogP contribution is -2.45. The number of ketones is 1. The zero-order chi connectivity index (χ0) is 19.7. The Hall–Kier alpha value is -2.70. The van der Waals surface area contributed by atoms with E-state index in [-0.39, 0.29) is 17.3 Å². The second kappa shape index (κ2) is 7.73. The summed E-state index contributed by atoms with van der Waals surface area (Å²) in [7, 11) is 0. The van der Waals surface area contributed by atoms with Gasteiger partial charge in [0.15, 0.2) is 5.76 Å². The summed E-state index contributed by atoms with van der Waals surface area (Å²) in [5, 5.41) is 10.6. The number of pyridine rings is 1. The van der Waals surface area contributed by atoms with Crippen molar-refractivity contribution in [2.75, 3.05) is 32.7 Å². The number of rotatable bonds is 4. The Labute approximate surface area is 165 Å². The summed E-state index contributed by atoms with van der Waals surface area (Å²) in [6.07, 6.45) is 3.33. The third-order valence-corrected chi connectivity index (χ3v) is 5.48. The number of aryl methyl sites for hydroxylation is 1. The summed E-state index contributed by atoms with van der Waals surface area (Å²) in [5.74, 6) is 0.762. The van der Waals surface area contributed by atoms with Crippen LogP contribution >= 0.6 is 0 Å². The Morgan fingerprint density at radius 1 is 1.21 bits per heavy atom. The van der Waals surface area contributed by atoms with Gasteiger partial charge in [-0.1, -0.05) is 13.0 Å². The fourth-order valence-corrected chi connectivity index (χ4v) is 3.82. The lowest BCUT2D eigenvalue weighted by molar-refractivity contribution is 0.101. The van der Waals surface area contributed by atoms with Gasteiger partial charge in [0.1, 0.15) is 11.5 Å². The van der Waals surface area contributed by atoms with Crippen LogP contribution in [0.2, 0.25) is 0 Å². The van der Waals surface area contributed by atoms with Crippen molar-refractivity contribution < 1.29 is 14.6 Å². The molecule has 4 rings (SSSR count). The van der Waals surface area contributed by atoms with Crippen LogP contribution in [0.15, 0.2) is 36.2 Å². The lowest BCUT2D eigenvalue weighted by atomic mass is 9.99. The number of phenolic OH excluding ortho intramolecular Hbond substituents is 1. The van der Waals surface area contributed by atoms with Gasteiger partial charge in [-0.05, 0) is 37.2 Å². The molecule has 0 amide bonds. The maximum atomic E-state index is 12.9. The predicted molar refractivity (Wildman–Crippen MR) is 107 cm³/mol. The van der Waals surface area contributed by atoms with E-state index in [9.17, 15) is 9.90 Å². The number of Topliss-reactive ketones (excluding diaryl/α,β-unsaturated/α-hetero) is 1. The fraction of sp³-hybridized carbons (Fsp3) is 0.364. The van der Waals surface area contributed by atoms with Crippen LogP contribution in [0.1, 0.15) is 34.1 Å². The van der Waals surface area contributed by atoms with Crippen LogP contribution in [0, 0.1) is 6.92 Å². The maximum Gasteiger partial charge on any atom is 0.232 e. The van der Waals surface area contributed by atoms with Crippen molar-refractivity contribution in [2.45, 2.75) is 20.4 Å². The number of hydrogen-bond donors (Lipinski definition) is 1. The van der Waals surface area contributed by atoms with Crippen molar-refractivity contribution in [1.29, 1.82) is 0 Å². The molecule has 1 saturated heterocycles. The largest absolute Gasteiger partial charge is 0.507 e. The molecule has 0 atom stereocenters. The highest BCUT2D eigenvalue weighted by molar-refractivity contribution is 6.15. The molecule has 1 fully saturated rings. The molecule has 0 spiro atoms. The predicted octanol–water partition coefficient (Wildman–Crippen LogP) is 2.85. The Morgan fingerprint density at radius 3 is 2.64 bits per heavy atom. The molecule has 6 nitrogen and oxygen atoms in total. The smallest absolute Gasteiger partial charge is 0.232 e. The molecule has 6 heteroatoms. The minimum atomic E-state index is -0.157. The van der Waals surface area contributed by atoms with Gasteiger partial charge in [-0.2, -0.15) is 0 Å². The van der Waals surface area contributed by atoms with Gasteiger partial charge in [-0.3, -0.25) is 14.7 Å². The van der Waals surface area contributed by atoms with Crippen molar-refractivity contribution in [3.05, 3.63) is 58.6 Å². The van der Waals surface area contributed by atoms with Gasteiger partial charge in [0.05, 0.1) is 16.8 Å². The van der Waals surface area contributed by atoms with Crippen LogP contribution in [-0.4, -0.2) is 58.4 Å². The summed E-state index contributed by atoms with van der Waals surface area (Å²) >= 11 is 0. The number of phenols is 1. The number of carbonyl (C=O) groups excluding carboxylic acids is 1. The van der Waals surface area contributed by atoms with Crippen LogP contribution in [0.4, 0.5) is 0 Å². The van der Waals surface area contributed by atoms with E-state index in [2.05, 4.69) is 21.7 Å². The third-order valence-electron chi connectivity index (χ3n) is 5.48. The molecule has 0 unspecified atom stereocenters. The second-order valence-electron chi connectivity index (χ2n) is 7.30. The van der Waals surface area contributed by atoms with Gasteiger partial charge >= 0.3 is 0 Å². The Kier molecular flexibility index (Phi) is 5.15. The molecule has 1 N–H and O–H groups in total. The van der Waals surface area contributed by atoms with Gasteiger partial charge < -0.3 is 14.7 Å². The highest BCUT2D eigenvalue weighted by atomic mass is 16.5. The number of fused-ring (bicyclic) bond motifs is 1. The molecule has 28 heavy (non-hydrogen) atoms. The van der Waals surface area contributed by atoms with E-state index in [1.54, 1.807) is 18.3 Å². The SMILES string of the molecule is CCN1CCN(Cc2c(O)cc(C)c3c2O/C(=C\c2ccccn2)C3=O)CC1. The summed E-state index contributed by atoms with van der Waals surface area (Å²) in [4.78, 5) is 21.9. The van der Waals surface area contributed by atoms with Gasteiger partial charge in [0, 0.05) is 45.0 Å². The normalized spacial score (nSPS) is 19.1. The highest BCUT2D eigenvalue weighted by Gasteiger charge is 2.34. The van der Waals surface area contributed by atoms with E-state index < -0.39 is 0 Å². The van der Waals surface area contributed by atoms with Gasteiger partial charge in [0.25, 0.3) is 0 Å². The van der Waals surface area contributed by atoms with Crippen molar-refractivity contribution in [3.63, 3.8) is 0 Å². The van der Waals surface area contributed by atoms with Crippen LogP contribution in [-0.2, 0) is 6.54 Å². The molecule has 0 aliphatic carbocycles. The number of aromatic nitrogens is 1. The van der Waals surface area contributed by atoms with Gasteiger partial charge in [-0.25, -0.2) is 0 Å². The number of likely N-dealkylation sites (N-methyl/N-ethyl adjacent to an activating group) is 1. The topological polar surface area (TPSA) is 65.9 Å². The van der Waals surface area contributed by atoms with E-state index in [1.807, 2.05) is 25.1 Å². The molecule has 1 aromatic carbocycles. The highest BCUT2D eigenvalue weighted by Crippen LogP contribution is 2.42. The van der Waals surface area contributed by atoms with Crippen molar-refractivity contribution in [3.8, 4) is 11.5 Å². The molecule has 146 valence electrons. The lowest BCUT2D eigenvalue weighted by Gasteiger charge is -2.34. The van der Waals surface area contributed by atoms with E-state index in [1.165, 1.54) is 0 Å². The number of nitrogens with zero attached hydrogens (tertiary/aromatic N) is 3. The van der Waals surface area contributed by atoms with Crippen LogP contribution in [0.5, 0.6) is 11.5 Å². The number of benzene rings is 1. The van der Waals surface area contributed by atoms with Crippen LogP contribution in [0.25, 0.3) is 6.08 Å². The third kappa shape index (κ3) is 3.53. The molecule has 0 saturated carbocycles. The first kappa shape index (κ1) is 18.7. The van der Waals surface area contributed by atoms with E-state index in [0.717, 1.165) is 38.3 Å². The molecule has 0 radical (unpaired) electrons. The molecular weight excluding hydrogens is 354 g/mol. The van der Waals surface area contributed by atoms with Gasteiger partial charge in [-0.15, -0.1) is 0 Å². The number of aromatic hydroxyl groups is 1. The Bertz CT molecular complexity index is 916. The summed E-state index contributed by atoms with van der Waals surface area (Å²) in [6.45, 7) is 9.50. The van der Waals surface area contributed by atoms with E-state index in [4.69, 9.17) is 4.74 Å². The molecular formula is C22H25N3O3. The number of carbonyl (C=O) groups is 1. The number of hydrogen-bond acceptors (Lipinski definition) is 6. The molecule has 3 heterocycles. The minimum absolute atomic E-state index is 0.157. The standard InChI is InChI=1S/C22H25N3O3/c1-3-24-8-10-25(11-9-24)14-17-18(26)12-15(2)20-21(27)19(28-22(17)20)13-16-6-4-5-7-23-16/h4-7,12-13,26H,3,8-11,14H2,1-2H3/b19-13-. The van der Waals surface area contributed by atoms with Crippen molar-refractivity contribution in [2.24, 2.45) is 0 Å². The maximum absolute atomic E-state index is 12.9. The molecule has 2 aliphatic rings. The Balaban J connectivity index is 1.63. The molecule has 0 bridgehead atoms. The first-order chi connectivity index (χ1) is 13.6. The summed E-state index contributed by atoms with van der Waals surface area (Å²) < 4.78 is 5.97. The minimum Gasteiger partial charge on any atom is -0.507 e. The summed E-state index contributed by atoms with van der Waals surface area (Å²) in [6, 6.07) is 7.18. The molecule has 1 aromatic heterocycles. The zero-order valence-electron chi connectivity index (χ0n) is 16.3.